The van der Waals surface area contributed by atoms with Crippen molar-refractivity contribution in [2.75, 3.05) is 0 Å². The minimum absolute atomic E-state index is 0.133. The Bertz CT molecular complexity index is 693. The highest BCUT2D eigenvalue weighted by Gasteiger charge is 2.14. The zero-order chi connectivity index (χ0) is 11.8. The molecule has 0 atom stereocenters. The molecule has 4 nitrogen and oxygen atoms in total. The first-order valence-electron chi connectivity index (χ1n) is 4.86. The van der Waals surface area contributed by atoms with Crippen molar-refractivity contribution in [2.24, 2.45) is 0 Å². The van der Waals surface area contributed by atoms with Crippen molar-refractivity contribution in [1.82, 2.24) is 20.2 Å². The molecule has 84 valence electrons. The lowest BCUT2D eigenvalue weighted by Crippen LogP contribution is -1.92. The second-order valence-electron chi connectivity index (χ2n) is 3.46. The van der Waals surface area contributed by atoms with Crippen molar-refractivity contribution in [3.8, 4) is 11.1 Å². The summed E-state index contributed by atoms with van der Waals surface area (Å²) < 4.78 is 26.8. The van der Waals surface area contributed by atoms with Crippen LogP contribution in [0.25, 0.3) is 22.3 Å². The fraction of sp³-hybridized carbons (Fsp3) is 0. The number of hydrogen-bond acceptors (Lipinski definition) is 3. The van der Waals surface area contributed by atoms with Gasteiger partial charge in [0.1, 0.15) is 0 Å². The van der Waals surface area contributed by atoms with Gasteiger partial charge < -0.3 is 4.98 Å². The summed E-state index contributed by atoms with van der Waals surface area (Å²) >= 11 is 0. The molecule has 0 aliphatic heterocycles. The van der Waals surface area contributed by atoms with Crippen molar-refractivity contribution >= 4 is 11.2 Å². The van der Waals surface area contributed by atoms with E-state index >= 15 is 0 Å². The van der Waals surface area contributed by atoms with Crippen molar-refractivity contribution in [3.63, 3.8) is 0 Å². The minimum atomic E-state index is -0.906. The first kappa shape index (κ1) is 9.83. The maximum absolute atomic E-state index is 13.7. The van der Waals surface area contributed by atoms with Crippen LogP contribution in [0.1, 0.15) is 0 Å². The van der Waals surface area contributed by atoms with Crippen LogP contribution >= 0.6 is 0 Å². The number of halogens is 2. The minimum Gasteiger partial charge on any atom is -0.343 e. The Balaban J connectivity index is 2.34. The van der Waals surface area contributed by atoms with Gasteiger partial charge in [-0.1, -0.05) is 12.1 Å². The van der Waals surface area contributed by atoms with Crippen LogP contribution in [0.5, 0.6) is 0 Å². The van der Waals surface area contributed by atoms with Crippen LogP contribution < -0.4 is 0 Å². The molecule has 0 amide bonds. The second-order valence-corrected chi connectivity index (χ2v) is 3.46. The predicted octanol–water partition coefficient (Wildman–Crippen LogP) is 2.30. The molecule has 0 aliphatic carbocycles. The lowest BCUT2D eigenvalue weighted by atomic mass is 10.1. The van der Waals surface area contributed by atoms with Crippen LogP contribution in [0.3, 0.4) is 0 Å². The molecule has 2 heterocycles. The van der Waals surface area contributed by atoms with E-state index in [9.17, 15) is 8.78 Å². The van der Waals surface area contributed by atoms with Gasteiger partial charge in [-0.3, -0.25) is 0 Å². The van der Waals surface area contributed by atoms with Crippen molar-refractivity contribution in [2.45, 2.75) is 0 Å². The SMILES string of the molecule is Fc1cccc(-c2cnnc3nc[nH]c23)c1F. The first-order chi connectivity index (χ1) is 8.27. The second kappa shape index (κ2) is 3.58. The van der Waals surface area contributed by atoms with Gasteiger partial charge in [0.25, 0.3) is 0 Å². The van der Waals surface area contributed by atoms with E-state index in [1.807, 2.05) is 0 Å². The Kier molecular flexibility index (Phi) is 2.07. The van der Waals surface area contributed by atoms with E-state index in [-0.39, 0.29) is 5.56 Å². The highest BCUT2D eigenvalue weighted by Crippen LogP contribution is 2.27. The Hall–Kier alpha value is -2.37. The van der Waals surface area contributed by atoms with Gasteiger partial charge in [0, 0.05) is 11.1 Å². The fourth-order valence-corrected chi connectivity index (χ4v) is 1.68. The number of imidazole rings is 1. The summed E-state index contributed by atoms with van der Waals surface area (Å²) in [7, 11) is 0. The fourth-order valence-electron chi connectivity index (χ4n) is 1.68. The third-order valence-corrected chi connectivity index (χ3v) is 2.47. The molecule has 1 aromatic carbocycles. The summed E-state index contributed by atoms with van der Waals surface area (Å²) in [5, 5.41) is 7.48. The molecule has 3 rings (SSSR count). The van der Waals surface area contributed by atoms with Crippen LogP contribution in [-0.2, 0) is 0 Å². The number of rotatable bonds is 1. The molecular weight excluding hydrogens is 226 g/mol. The van der Waals surface area contributed by atoms with Crippen LogP contribution in [0.15, 0.2) is 30.7 Å². The number of aromatic nitrogens is 4. The summed E-state index contributed by atoms with van der Waals surface area (Å²) in [6.45, 7) is 0. The summed E-state index contributed by atoms with van der Waals surface area (Å²) in [4.78, 5) is 6.74. The summed E-state index contributed by atoms with van der Waals surface area (Å²) in [5.41, 5.74) is 1.47. The maximum atomic E-state index is 13.7. The van der Waals surface area contributed by atoms with Crippen LogP contribution in [0.4, 0.5) is 8.78 Å². The standard InChI is InChI=1S/C11H6F2N4/c12-8-3-1-2-6(9(8)13)7-4-16-17-11-10(7)14-5-15-11/h1-5H,(H,14,15,17). The molecule has 6 heteroatoms. The molecule has 0 fully saturated rings. The summed E-state index contributed by atoms with van der Waals surface area (Å²) in [6, 6.07) is 3.99. The quantitative estimate of drug-likeness (QED) is 0.700. The van der Waals surface area contributed by atoms with Crippen molar-refractivity contribution in [1.29, 1.82) is 0 Å². The molecular formula is C11H6F2N4. The van der Waals surface area contributed by atoms with E-state index in [1.54, 1.807) is 0 Å². The van der Waals surface area contributed by atoms with Crippen molar-refractivity contribution in [3.05, 3.63) is 42.4 Å². The molecule has 1 N–H and O–H groups in total. The molecule has 0 spiro atoms. The van der Waals surface area contributed by atoms with Crippen LogP contribution in [0.2, 0.25) is 0 Å². The monoisotopic (exact) mass is 232 g/mol. The van der Waals surface area contributed by atoms with Gasteiger partial charge in [-0.15, -0.1) is 5.10 Å². The Labute approximate surface area is 94.3 Å². The molecule has 0 radical (unpaired) electrons. The van der Waals surface area contributed by atoms with E-state index in [0.29, 0.717) is 16.7 Å². The number of hydrogen-bond donors (Lipinski definition) is 1. The van der Waals surface area contributed by atoms with E-state index in [2.05, 4.69) is 20.2 Å². The number of fused-ring (bicyclic) bond motifs is 1. The molecule has 17 heavy (non-hydrogen) atoms. The van der Waals surface area contributed by atoms with Gasteiger partial charge in [-0.2, -0.15) is 5.10 Å². The lowest BCUT2D eigenvalue weighted by molar-refractivity contribution is 0.511. The molecule has 0 saturated carbocycles. The maximum Gasteiger partial charge on any atom is 0.200 e. The van der Waals surface area contributed by atoms with Gasteiger partial charge in [0.05, 0.1) is 18.0 Å². The molecule has 0 unspecified atom stereocenters. The summed E-state index contributed by atoms with van der Waals surface area (Å²) in [6.07, 6.45) is 2.80. The average molecular weight is 232 g/mol. The van der Waals surface area contributed by atoms with Crippen molar-refractivity contribution < 1.29 is 8.78 Å². The first-order valence-corrected chi connectivity index (χ1v) is 4.86. The molecule has 2 aromatic heterocycles. The van der Waals surface area contributed by atoms with Gasteiger partial charge in [-0.05, 0) is 6.07 Å². The topological polar surface area (TPSA) is 54.5 Å². The number of aromatic amines is 1. The number of benzene rings is 1. The number of H-pyrrole nitrogens is 1. The van der Waals surface area contributed by atoms with E-state index < -0.39 is 11.6 Å². The largest absolute Gasteiger partial charge is 0.343 e. The van der Waals surface area contributed by atoms with Gasteiger partial charge in [0.2, 0.25) is 0 Å². The highest BCUT2D eigenvalue weighted by atomic mass is 19.2. The normalized spacial score (nSPS) is 10.9. The Morgan fingerprint density at radius 3 is 2.88 bits per heavy atom. The molecule has 0 saturated heterocycles. The molecule has 0 bridgehead atoms. The van der Waals surface area contributed by atoms with Crippen LogP contribution in [-0.4, -0.2) is 20.2 Å². The number of nitrogens with zero attached hydrogens (tertiary/aromatic N) is 3. The highest BCUT2D eigenvalue weighted by molar-refractivity contribution is 5.88. The van der Waals surface area contributed by atoms with E-state index in [4.69, 9.17) is 0 Å². The molecule has 3 aromatic rings. The zero-order valence-electron chi connectivity index (χ0n) is 8.48. The number of nitrogens with one attached hydrogen (secondary N) is 1. The average Bonchev–Trinajstić information content (AvgIpc) is 2.81. The van der Waals surface area contributed by atoms with Gasteiger partial charge in [-0.25, -0.2) is 13.8 Å². The smallest absolute Gasteiger partial charge is 0.200 e. The predicted molar refractivity (Wildman–Crippen MR) is 57.0 cm³/mol. The van der Waals surface area contributed by atoms with E-state index in [0.717, 1.165) is 6.07 Å². The Morgan fingerprint density at radius 1 is 1.12 bits per heavy atom. The summed E-state index contributed by atoms with van der Waals surface area (Å²) in [5.74, 6) is -1.80. The molecule has 0 aliphatic rings. The third-order valence-electron chi connectivity index (χ3n) is 2.47. The van der Waals surface area contributed by atoms with Gasteiger partial charge in [0.15, 0.2) is 17.3 Å². The Morgan fingerprint density at radius 2 is 2.00 bits per heavy atom. The van der Waals surface area contributed by atoms with Crippen LogP contribution in [0, 0.1) is 11.6 Å². The van der Waals surface area contributed by atoms with Gasteiger partial charge >= 0.3 is 0 Å². The lowest BCUT2D eigenvalue weighted by Gasteiger charge is -2.03. The third kappa shape index (κ3) is 1.45. The van der Waals surface area contributed by atoms with E-state index in [1.165, 1.54) is 24.7 Å². The zero-order valence-corrected chi connectivity index (χ0v) is 8.48.